The van der Waals surface area contributed by atoms with Gasteiger partial charge in [0.1, 0.15) is 10.8 Å². The van der Waals surface area contributed by atoms with Crippen molar-refractivity contribution >= 4 is 17.6 Å². The van der Waals surface area contributed by atoms with Gasteiger partial charge in [0.05, 0.1) is 12.5 Å². The lowest BCUT2D eigenvalue weighted by Crippen LogP contribution is -2.33. The lowest BCUT2D eigenvalue weighted by molar-refractivity contribution is -0.143. The van der Waals surface area contributed by atoms with Gasteiger partial charge in [-0.1, -0.05) is 24.4 Å². The molecule has 1 aromatic carbocycles. The number of methoxy groups -OCH3 is 1. The molecule has 0 atom stereocenters. The molecule has 0 amide bonds. The van der Waals surface area contributed by atoms with E-state index in [1.807, 2.05) is 0 Å². The third kappa shape index (κ3) is 1.73. The van der Waals surface area contributed by atoms with Crippen molar-refractivity contribution in [3.63, 3.8) is 0 Å². The molecule has 0 saturated heterocycles. The monoisotopic (exact) mass is 298 g/mol. The second kappa shape index (κ2) is 4.74. The molecule has 1 aliphatic carbocycles. The predicted octanol–water partition coefficient (Wildman–Crippen LogP) is 2.97. The van der Waals surface area contributed by atoms with E-state index in [0.717, 1.165) is 12.8 Å². The first-order chi connectivity index (χ1) is 9.60. The number of hydrogen-bond donors (Lipinski definition) is 1. The van der Waals surface area contributed by atoms with Crippen molar-refractivity contribution in [2.45, 2.75) is 31.1 Å². The summed E-state index contributed by atoms with van der Waals surface area (Å²) in [5, 5.41) is 9.99. The fraction of sp³-hybridized carbons (Fsp3) is 0.500. The van der Waals surface area contributed by atoms with Crippen molar-refractivity contribution in [2.24, 2.45) is 0 Å². The largest absolute Gasteiger partial charge is 0.495 e. The molecule has 1 N–H and O–H groups in total. The minimum Gasteiger partial charge on any atom is -0.495 e. The van der Waals surface area contributed by atoms with E-state index < -0.39 is 11.4 Å². The second-order valence-electron chi connectivity index (χ2n) is 5.10. The molecule has 1 aliphatic heterocycles. The first kappa shape index (κ1) is 13.4. The molecule has 5 nitrogen and oxygen atoms in total. The molecule has 1 aromatic rings. The molecular weight excluding hydrogens is 284 g/mol. The standard InChI is InChI=1S/C14H15ClO5/c1-18-11-8(14(13(16)17)4-2-3-5-14)6-9-12(10(11)15)20-7-19-9/h6H,2-5,7H2,1H3,(H,16,17). The van der Waals surface area contributed by atoms with Gasteiger partial charge in [0, 0.05) is 5.56 Å². The van der Waals surface area contributed by atoms with Gasteiger partial charge in [0.2, 0.25) is 6.79 Å². The maximum Gasteiger partial charge on any atom is 0.314 e. The maximum absolute atomic E-state index is 11.8. The van der Waals surface area contributed by atoms with Crippen molar-refractivity contribution in [3.8, 4) is 17.2 Å². The summed E-state index contributed by atoms with van der Waals surface area (Å²) < 4.78 is 16.0. The van der Waals surface area contributed by atoms with Gasteiger partial charge in [0.25, 0.3) is 0 Å². The van der Waals surface area contributed by atoms with Crippen LogP contribution in [0.3, 0.4) is 0 Å². The van der Waals surface area contributed by atoms with E-state index in [9.17, 15) is 9.90 Å². The highest BCUT2D eigenvalue weighted by Crippen LogP contribution is 2.53. The number of halogens is 1. The highest BCUT2D eigenvalue weighted by molar-refractivity contribution is 6.34. The van der Waals surface area contributed by atoms with Crippen LogP contribution in [0.2, 0.25) is 5.02 Å². The van der Waals surface area contributed by atoms with Crippen molar-refractivity contribution in [1.82, 2.24) is 0 Å². The highest BCUT2D eigenvalue weighted by atomic mass is 35.5. The Morgan fingerprint density at radius 3 is 2.70 bits per heavy atom. The Hall–Kier alpha value is -1.62. The topological polar surface area (TPSA) is 65.0 Å². The van der Waals surface area contributed by atoms with Crippen molar-refractivity contribution in [1.29, 1.82) is 0 Å². The summed E-state index contributed by atoms with van der Waals surface area (Å²) in [7, 11) is 1.48. The van der Waals surface area contributed by atoms with Gasteiger partial charge in [-0.25, -0.2) is 0 Å². The van der Waals surface area contributed by atoms with Crippen LogP contribution in [0.4, 0.5) is 0 Å². The molecule has 1 heterocycles. The highest BCUT2D eigenvalue weighted by Gasteiger charge is 2.46. The minimum absolute atomic E-state index is 0.0851. The Balaban J connectivity index is 2.22. The van der Waals surface area contributed by atoms with Crippen LogP contribution in [0.1, 0.15) is 31.2 Å². The van der Waals surface area contributed by atoms with Crippen LogP contribution in [-0.2, 0) is 10.2 Å². The average Bonchev–Trinajstić information content (AvgIpc) is 3.08. The fourth-order valence-electron chi connectivity index (χ4n) is 3.12. The third-order valence-corrected chi connectivity index (χ3v) is 4.49. The number of benzene rings is 1. The van der Waals surface area contributed by atoms with Gasteiger partial charge in [0.15, 0.2) is 11.5 Å². The van der Waals surface area contributed by atoms with E-state index in [1.54, 1.807) is 6.07 Å². The summed E-state index contributed by atoms with van der Waals surface area (Å²) in [5.41, 5.74) is -0.366. The summed E-state index contributed by atoms with van der Waals surface area (Å²) in [6, 6.07) is 1.70. The first-order valence-corrected chi connectivity index (χ1v) is 6.88. The van der Waals surface area contributed by atoms with Crippen molar-refractivity contribution in [3.05, 3.63) is 16.7 Å². The summed E-state index contributed by atoms with van der Waals surface area (Å²) in [6.07, 6.45) is 2.91. The zero-order valence-corrected chi connectivity index (χ0v) is 11.8. The molecular formula is C14H15ClO5. The number of ether oxygens (including phenoxy) is 3. The lowest BCUT2D eigenvalue weighted by atomic mass is 9.78. The van der Waals surface area contributed by atoms with Crippen LogP contribution < -0.4 is 14.2 Å². The first-order valence-electron chi connectivity index (χ1n) is 6.50. The zero-order chi connectivity index (χ0) is 14.3. The van der Waals surface area contributed by atoms with Gasteiger partial charge in [-0.3, -0.25) is 4.79 Å². The Morgan fingerprint density at radius 2 is 2.10 bits per heavy atom. The number of rotatable bonds is 3. The molecule has 0 unspecified atom stereocenters. The molecule has 1 saturated carbocycles. The van der Waals surface area contributed by atoms with E-state index >= 15 is 0 Å². The van der Waals surface area contributed by atoms with Crippen LogP contribution >= 0.6 is 11.6 Å². The SMILES string of the molecule is COc1c(C2(C(=O)O)CCCC2)cc2c(c1Cl)OCO2. The molecule has 0 aromatic heterocycles. The molecule has 108 valence electrons. The van der Waals surface area contributed by atoms with Crippen LogP contribution in [0.15, 0.2) is 6.07 Å². The molecule has 6 heteroatoms. The summed E-state index contributed by atoms with van der Waals surface area (Å²) >= 11 is 6.28. The molecule has 0 bridgehead atoms. The summed E-state index contributed by atoms with van der Waals surface area (Å²) in [6.45, 7) is 0.0851. The molecule has 2 aliphatic rings. The fourth-order valence-corrected chi connectivity index (χ4v) is 3.44. The molecule has 20 heavy (non-hydrogen) atoms. The second-order valence-corrected chi connectivity index (χ2v) is 5.48. The van der Waals surface area contributed by atoms with Crippen molar-refractivity contribution in [2.75, 3.05) is 13.9 Å². The number of fused-ring (bicyclic) bond motifs is 1. The molecule has 0 spiro atoms. The normalized spacial score (nSPS) is 19.1. The van der Waals surface area contributed by atoms with E-state index in [2.05, 4.69) is 0 Å². The van der Waals surface area contributed by atoms with E-state index in [-0.39, 0.29) is 11.8 Å². The van der Waals surface area contributed by atoms with Crippen LogP contribution in [-0.4, -0.2) is 25.0 Å². The van der Waals surface area contributed by atoms with E-state index in [0.29, 0.717) is 35.7 Å². The van der Waals surface area contributed by atoms with Crippen LogP contribution in [0, 0.1) is 0 Å². The Labute approximate surface area is 121 Å². The Bertz CT molecular complexity index is 563. The summed E-state index contributed by atoms with van der Waals surface area (Å²) in [5.74, 6) is 0.438. The predicted molar refractivity (Wildman–Crippen MR) is 71.9 cm³/mol. The molecule has 1 fully saturated rings. The number of aliphatic carboxylic acids is 1. The lowest BCUT2D eigenvalue weighted by Gasteiger charge is -2.27. The van der Waals surface area contributed by atoms with Gasteiger partial charge in [-0.15, -0.1) is 0 Å². The molecule has 3 rings (SSSR count). The third-order valence-electron chi connectivity index (χ3n) is 4.15. The van der Waals surface area contributed by atoms with Gasteiger partial charge in [-0.2, -0.15) is 0 Å². The molecule has 0 radical (unpaired) electrons. The van der Waals surface area contributed by atoms with Crippen molar-refractivity contribution < 1.29 is 24.1 Å². The maximum atomic E-state index is 11.8. The van der Waals surface area contributed by atoms with E-state index in [1.165, 1.54) is 7.11 Å². The summed E-state index contributed by atoms with van der Waals surface area (Å²) in [4.78, 5) is 11.8. The number of carbonyl (C=O) groups is 1. The van der Waals surface area contributed by atoms with Crippen LogP contribution in [0.25, 0.3) is 0 Å². The number of carboxylic acid groups (broad SMARTS) is 1. The Kier molecular flexibility index (Phi) is 3.17. The quantitative estimate of drug-likeness (QED) is 0.929. The van der Waals surface area contributed by atoms with Crippen LogP contribution in [0.5, 0.6) is 17.2 Å². The Morgan fingerprint density at radius 1 is 1.40 bits per heavy atom. The smallest absolute Gasteiger partial charge is 0.314 e. The zero-order valence-electron chi connectivity index (χ0n) is 11.1. The number of carboxylic acids is 1. The van der Waals surface area contributed by atoms with Gasteiger partial charge >= 0.3 is 5.97 Å². The van der Waals surface area contributed by atoms with E-state index in [4.69, 9.17) is 25.8 Å². The minimum atomic E-state index is -0.948. The van der Waals surface area contributed by atoms with Gasteiger partial charge < -0.3 is 19.3 Å². The average molecular weight is 299 g/mol. The number of hydrogen-bond acceptors (Lipinski definition) is 4. The van der Waals surface area contributed by atoms with Gasteiger partial charge in [-0.05, 0) is 18.9 Å².